The van der Waals surface area contributed by atoms with Gasteiger partial charge in [-0.15, -0.1) is 0 Å². The number of aliphatic hydroxyl groups is 1. The van der Waals surface area contributed by atoms with Crippen molar-refractivity contribution in [2.45, 2.75) is 25.8 Å². The van der Waals surface area contributed by atoms with Gasteiger partial charge in [0.15, 0.2) is 0 Å². The van der Waals surface area contributed by atoms with Crippen LogP contribution in [-0.4, -0.2) is 27.1 Å². The van der Waals surface area contributed by atoms with Gasteiger partial charge in [-0.05, 0) is 6.42 Å². The van der Waals surface area contributed by atoms with E-state index in [-0.39, 0.29) is 6.61 Å². The summed E-state index contributed by atoms with van der Waals surface area (Å²) >= 11 is 1.40. The average molecular weight is 225 g/mol. The van der Waals surface area contributed by atoms with Crippen molar-refractivity contribution in [2.24, 2.45) is 5.92 Å². The van der Waals surface area contributed by atoms with Crippen LogP contribution < -0.4 is 5.32 Å². The molecule has 0 amide bonds. The summed E-state index contributed by atoms with van der Waals surface area (Å²) in [6.45, 7) is 2.27. The molecule has 1 aliphatic carbocycles. The SMILES string of the molecule is CCc1nsc(N[C@H]2C=C[C@@H](CO)C2)n1. The zero-order valence-corrected chi connectivity index (χ0v) is 9.50. The second-order valence-electron chi connectivity index (χ2n) is 3.68. The summed E-state index contributed by atoms with van der Waals surface area (Å²) in [5, 5.41) is 13.2. The van der Waals surface area contributed by atoms with E-state index in [0.29, 0.717) is 12.0 Å². The zero-order chi connectivity index (χ0) is 10.7. The molecule has 4 nitrogen and oxygen atoms in total. The van der Waals surface area contributed by atoms with Crippen LogP contribution in [0.25, 0.3) is 0 Å². The van der Waals surface area contributed by atoms with E-state index in [0.717, 1.165) is 23.8 Å². The minimum absolute atomic E-state index is 0.227. The second-order valence-corrected chi connectivity index (χ2v) is 4.44. The van der Waals surface area contributed by atoms with Gasteiger partial charge in [-0.3, -0.25) is 0 Å². The lowest BCUT2D eigenvalue weighted by Gasteiger charge is -2.10. The summed E-state index contributed by atoms with van der Waals surface area (Å²) in [7, 11) is 0. The minimum Gasteiger partial charge on any atom is -0.396 e. The van der Waals surface area contributed by atoms with Crippen molar-refractivity contribution in [2.75, 3.05) is 11.9 Å². The Morgan fingerprint density at radius 3 is 3.07 bits per heavy atom. The summed E-state index contributed by atoms with van der Waals surface area (Å²) in [4.78, 5) is 4.34. The number of nitrogens with one attached hydrogen (secondary N) is 1. The van der Waals surface area contributed by atoms with Gasteiger partial charge in [-0.1, -0.05) is 19.1 Å². The van der Waals surface area contributed by atoms with Gasteiger partial charge in [0.05, 0.1) is 0 Å². The first-order valence-electron chi connectivity index (χ1n) is 5.20. The molecule has 5 heteroatoms. The number of nitrogens with zero attached hydrogens (tertiary/aromatic N) is 2. The van der Waals surface area contributed by atoms with Crippen LogP contribution in [0.3, 0.4) is 0 Å². The smallest absolute Gasteiger partial charge is 0.203 e. The van der Waals surface area contributed by atoms with Crippen LogP contribution in [-0.2, 0) is 6.42 Å². The fourth-order valence-electron chi connectivity index (χ4n) is 1.63. The fraction of sp³-hybridized carbons (Fsp3) is 0.600. The molecular formula is C10H15N3OS. The highest BCUT2D eigenvalue weighted by Crippen LogP contribution is 2.22. The predicted octanol–water partition coefficient (Wildman–Crippen LogP) is 1.45. The highest BCUT2D eigenvalue weighted by atomic mass is 32.1. The summed E-state index contributed by atoms with van der Waals surface area (Å²) in [5.41, 5.74) is 0. The molecule has 0 aromatic carbocycles. The molecule has 0 bridgehead atoms. The Bertz CT molecular complexity index is 350. The molecule has 2 rings (SSSR count). The number of aryl methyl sites for hydroxylation is 1. The van der Waals surface area contributed by atoms with Gasteiger partial charge in [0.25, 0.3) is 0 Å². The standard InChI is InChI=1S/C10H15N3OS/c1-2-9-12-10(15-13-9)11-8-4-3-7(5-8)6-14/h3-4,7-8,14H,2,5-6H2,1H3,(H,11,12,13)/t7-,8+/m1/s1. The van der Waals surface area contributed by atoms with Crippen LogP contribution in [0.2, 0.25) is 0 Å². The van der Waals surface area contributed by atoms with E-state index in [1.54, 1.807) is 0 Å². The van der Waals surface area contributed by atoms with Crippen molar-refractivity contribution in [1.29, 1.82) is 0 Å². The van der Waals surface area contributed by atoms with E-state index < -0.39 is 0 Å². The van der Waals surface area contributed by atoms with Crippen LogP contribution in [0.1, 0.15) is 19.2 Å². The summed E-state index contributed by atoms with van der Waals surface area (Å²) in [6.07, 6.45) is 5.96. The quantitative estimate of drug-likeness (QED) is 0.761. The topological polar surface area (TPSA) is 58.0 Å². The van der Waals surface area contributed by atoms with Gasteiger partial charge in [-0.2, -0.15) is 4.37 Å². The highest BCUT2D eigenvalue weighted by molar-refractivity contribution is 7.09. The Labute approximate surface area is 93.2 Å². The molecule has 2 atom stereocenters. The molecule has 1 heterocycles. The van der Waals surface area contributed by atoms with Gasteiger partial charge >= 0.3 is 0 Å². The molecule has 0 unspecified atom stereocenters. The third-order valence-corrected chi connectivity index (χ3v) is 3.18. The van der Waals surface area contributed by atoms with Crippen molar-refractivity contribution in [1.82, 2.24) is 9.36 Å². The maximum atomic E-state index is 8.99. The zero-order valence-electron chi connectivity index (χ0n) is 8.68. The molecule has 82 valence electrons. The molecular weight excluding hydrogens is 210 g/mol. The number of aliphatic hydroxyl groups excluding tert-OH is 1. The summed E-state index contributed by atoms with van der Waals surface area (Å²) < 4.78 is 4.21. The van der Waals surface area contributed by atoms with E-state index in [1.165, 1.54) is 11.5 Å². The van der Waals surface area contributed by atoms with Gasteiger partial charge < -0.3 is 10.4 Å². The van der Waals surface area contributed by atoms with Crippen molar-refractivity contribution in [3.05, 3.63) is 18.0 Å². The van der Waals surface area contributed by atoms with Crippen molar-refractivity contribution in [3.8, 4) is 0 Å². The molecule has 0 saturated carbocycles. The molecule has 0 radical (unpaired) electrons. The lowest BCUT2D eigenvalue weighted by molar-refractivity contribution is 0.250. The molecule has 2 N–H and O–H groups in total. The van der Waals surface area contributed by atoms with Crippen LogP contribution in [0.5, 0.6) is 0 Å². The Morgan fingerprint density at radius 2 is 2.47 bits per heavy atom. The first-order valence-corrected chi connectivity index (χ1v) is 5.97. The Kier molecular flexibility index (Phi) is 3.33. The maximum absolute atomic E-state index is 8.99. The number of hydrogen-bond acceptors (Lipinski definition) is 5. The lowest BCUT2D eigenvalue weighted by atomic mass is 10.1. The van der Waals surface area contributed by atoms with Crippen LogP contribution in [0.4, 0.5) is 5.13 Å². The first-order chi connectivity index (χ1) is 7.31. The van der Waals surface area contributed by atoms with Crippen LogP contribution >= 0.6 is 11.5 Å². The summed E-state index contributed by atoms with van der Waals surface area (Å²) in [5.74, 6) is 1.18. The third kappa shape index (κ3) is 2.54. The predicted molar refractivity (Wildman–Crippen MR) is 61.0 cm³/mol. The largest absolute Gasteiger partial charge is 0.396 e. The molecule has 15 heavy (non-hydrogen) atoms. The molecule has 0 spiro atoms. The molecule has 1 aromatic rings. The van der Waals surface area contributed by atoms with Crippen LogP contribution in [0.15, 0.2) is 12.2 Å². The van der Waals surface area contributed by atoms with E-state index >= 15 is 0 Å². The number of rotatable bonds is 4. The van der Waals surface area contributed by atoms with Crippen molar-refractivity contribution >= 4 is 16.7 Å². The second kappa shape index (κ2) is 4.72. The van der Waals surface area contributed by atoms with Gasteiger partial charge in [-0.25, -0.2) is 4.98 Å². The normalized spacial score (nSPS) is 24.7. The number of hydrogen-bond donors (Lipinski definition) is 2. The molecule has 0 fully saturated rings. The minimum atomic E-state index is 0.227. The summed E-state index contributed by atoms with van der Waals surface area (Å²) in [6, 6.07) is 0.291. The molecule has 0 aliphatic heterocycles. The molecule has 1 aliphatic rings. The van der Waals surface area contributed by atoms with E-state index in [2.05, 4.69) is 26.8 Å². The number of aromatic nitrogens is 2. The van der Waals surface area contributed by atoms with Gasteiger partial charge in [0.1, 0.15) is 5.82 Å². The van der Waals surface area contributed by atoms with Gasteiger partial charge in [0, 0.05) is 36.5 Å². The third-order valence-electron chi connectivity index (χ3n) is 2.50. The Morgan fingerprint density at radius 1 is 1.60 bits per heavy atom. The lowest BCUT2D eigenvalue weighted by Crippen LogP contribution is -2.16. The Hall–Kier alpha value is -0.940. The average Bonchev–Trinajstić information content (AvgIpc) is 2.87. The molecule has 0 saturated heterocycles. The van der Waals surface area contributed by atoms with Gasteiger partial charge in [0.2, 0.25) is 5.13 Å². The van der Waals surface area contributed by atoms with Crippen molar-refractivity contribution in [3.63, 3.8) is 0 Å². The highest BCUT2D eigenvalue weighted by Gasteiger charge is 2.18. The fourth-order valence-corrected chi connectivity index (χ4v) is 2.34. The monoisotopic (exact) mass is 225 g/mol. The first kappa shape index (κ1) is 10.6. The van der Waals surface area contributed by atoms with Crippen molar-refractivity contribution < 1.29 is 5.11 Å². The van der Waals surface area contributed by atoms with Crippen LogP contribution in [0, 0.1) is 5.92 Å². The Balaban J connectivity index is 1.90. The maximum Gasteiger partial charge on any atom is 0.203 e. The van der Waals surface area contributed by atoms with E-state index in [1.807, 2.05) is 6.92 Å². The molecule has 1 aromatic heterocycles. The van der Waals surface area contributed by atoms with E-state index in [9.17, 15) is 0 Å². The van der Waals surface area contributed by atoms with E-state index in [4.69, 9.17) is 5.11 Å². The number of anilines is 1.